The summed E-state index contributed by atoms with van der Waals surface area (Å²) < 4.78 is 10.7. The van der Waals surface area contributed by atoms with Crippen molar-refractivity contribution in [2.45, 2.75) is 25.9 Å². The second-order valence-electron chi connectivity index (χ2n) is 6.07. The van der Waals surface area contributed by atoms with Crippen molar-refractivity contribution in [3.05, 3.63) is 29.3 Å². The van der Waals surface area contributed by atoms with Crippen LogP contribution in [0.15, 0.2) is 29.3 Å². The Morgan fingerprint density at radius 2 is 2.08 bits per heavy atom. The maximum absolute atomic E-state index is 11.6. The van der Waals surface area contributed by atoms with Crippen LogP contribution in [0.2, 0.25) is 5.02 Å². The molecule has 1 fully saturated rings. The molecule has 7 heteroatoms. The number of hydrogen-bond donors (Lipinski definition) is 1. The lowest BCUT2D eigenvalue weighted by molar-refractivity contribution is -0.146. The molecule has 1 unspecified atom stereocenters. The number of carbonyl (C=O) groups excluding carboxylic acids is 1. The highest BCUT2D eigenvalue weighted by Crippen LogP contribution is 2.24. The molecule has 1 aromatic rings. The maximum atomic E-state index is 11.6. The lowest BCUT2D eigenvalue weighted by Gasteiger charge is -2.33. The second-order valence-corrected chi connectivity index (χ2v) is 6.48. The number of nitrogens with zero attached hydrogens (tertiary/aromatic N) is 2. The molecule has 1 atom stereocenters. The highest BCUT2D eigenvalue weighted by molar-refractivity contribution is 6.32. The van der Waals surface area contributed by atoms with Crippen molar-refractivity contribution < 1.29 is 14.3 Å². The molecule has 1 aliphatic heterocycles. The molecular formula is C18H26ClN3O3. The molecule has 1 saturated heterocycles. The number of methoxy groups -OCH3 is 1. The van der Waals surface area contributed by atoms with E-state index >= 15 is 0 Å². The average molecular weight is 368 g/mol. The first-order valence-corrected chi connectivity index (χ1v) is 8.87. The first-order chi connectivity index (χ1) is 12.0. The van der Waals surface area contributed by atoms with Crippen LogP contribution in [0, 0.1) is 5.92 Å². The summed E-state index contributed by atoms with van der Waals surface area (Å²) in [4.78, 5) is 18.1. The molecule has 0 aromatic heterocycles. The molecule has 1 N–H and O–H groups in total. The number of carbonyl (C=O) groups is 1. The molecule has 0 spiro atoms. The van der Waals surface area contributed by atoms with Crippen molar-refractivity contribution in [1.82, 2.24) is 10.2 Å². The quantitative estimate of drug-likeness (QED) is 0.492. The first-order valence-electron chi connectivity index (χ1n) is 8.49. The van der Waals surface area contributed by atoms with Crippen molar-refractivity contribution >= 4 is 23.5 Å². The van der Waals surface area contributed by atoms with Gasteiger partial charge in [0.15, 0.2) is 5.96 Å². The minimum Gasteiger partial charge on any atom is -0.487 e. The summed E-state index contributed by atoms with van der Waals surface area (Å²) in [6.07, 6.45) is 1.49. The molecule has 1 aliphatic rings. The molecule has 0 bridgehead atoms. The lowest BCUT2D eigenvalue weighted by Crippen LogP contribution is -2.48. The predicted octanol–water partition coefficient (Wildman–Crippen LogP) is 2.57. The molecule has 0 amide bonds. The number of ether oxygens (including phenoxy) is 2. The van der Waals surface area contributed by atoms with Gasteiger partial charge in [0.25, 0.3) is 0 Å². The van der Waals surface area contributed by atoms with Crippen molar-refractivity contribution in [3.63, 3.8) is 0 Å². The smallest absolute Gasteiger partial charge is 0.308 e. The fourth-order valence-corrected chi connectivity index (χ4v) is 3.04. The van der Waals surface area contributed by atoms with Crippen LogP contribution in [0.4, 0.5) is 0 Å². The van der Waals surface area contributed by atoms with Gasteiger partial charge in [-0.25, -0.2) is 0 Å². The van der Waals surface area contributed by atoms with Gasteiger partial charge in [-0.3, -0.25) is 9.79 Å². The number of halogens is 1. The maximum Gasteiger partial charge on any atom is 0.308 e. The minimum atomic E-state index is -0.121. The Bertz CT molecular complexity index is 601. The number of esters is 1. The predicted molar refractivity (Wildman–Crippen MR) is 99.2 cm³/mol. The number of rotatable bonds is 5. The van der Waals surface area contributed by atoms with E-state index < -0.39 is 0 Å². The number of aliphatic imine (C=N–C) groups is 1. The number of nitrogens with one attached hydrogen (secondary N) is 1. The van der Waals surface area contributed by atoms with Crippen molar-refractivity contribution in [2.24, 2.45) is 10.9 Å². The van der Waals surface area contributed by atoms with Crippen LogP contribution in [0.1, 0.15) is 19.8 Å². The molecule has 25 heavy (non-hydrogen) atoms. The summed E-state index contributed by atoms with van der Waals surface area (Å²) in [5.41, 5.74) is 0. The largest absolute Gasteiger partial charge is 0.487 e. The molecule has 2 rings (SSSR count). The van der Waals surface area contributed by atoms with Crippen LogP contribution < -0.4 is 10.1 Å². The first kappa shape index (κ1) is 19.4. The Morgan fingerprint density at radius 1 is 1.40 bits per heavy atom. The van der Waals surface area contributed by atoms with Gasteiger partial charge in [-0.1, -0.05) is 23.7 Å². The molecule has 0 aliphatic carbocycles. The Morgan fingerprint density at radius 3 is 2.68 bits per heavy atom. The molecule has 138 valence electrons. The van der Waals surface area contributed by atoms with Gasteiger partial charge in [0.2, 0.25) is 0 Å². The second kappa shape index (κ2) is 9.51. The Labute approximate surface area is 154 Å². The summed E-state index contributed by atoms with van der Waals surface area (Å²) in [5, 5.41) is 3.93. The van der Waals surface area contributed by atoms with Crippen LogP contribution in [0.3, 0.4) is 0 Å². The van der Waals surface area contributed by atoms with Crippen LogP contribution in [0.25, 0.3) is 0 Å². The third kappa shape index (κ3) is 5.53. The van der Waals surface area contributed by atoms with E-state index in [1.54, 1.807) is 13.1 Å². The van der Waals surface area contributed by atoms with Crippen LogP contribution in [0.5, 0.6) is 5.75 Å². The fraction of sp³-hybridized carbons (Fsp3) is 0.556. The number of hydrogen-bond acceptors (Lipinski definition) is 4. The highest BCUT2D eigenvalue weighted by atomic mass is 35.5. The zero-order chi connectivity index (χ0) is 18.2. The van der Waals surface area contributed by atoms with Gasteiger partial charge in [0.05, 0.1) is 24.6 Å². The van der Waals surface area contributed by atoms with Gasteiger partial charge in [0.1, 0.15) is 11.9 Å². The molecule has 1 heterocycles. The Kier molecular flexibility index (Phi) is 7.37. The topological polar surface area (TPSA) is 63.2 Å². The van der Waals surface area contributed by atoms with Crippen LogP contribution in [-0.2, 0) is 9.53 Å². The van der Waals surface area contributed by atoms with E-state index in [1.807, 2.05) is 25.1 Å². The lowest BCUT2D eigenvalue weighted by atomic mass is 9.97. The number of guanidine groups is 1. The summed E-state index contributed by atoms with van der Waals surface area (Å²) in [6.45, 7) is 4.14. The molecule has 0 saturated carbocycles. The van der Waals surface area contributed by atoms with Gasteiger partial charge in [0, 0.05) is 20.1 Å². The summed E-state index contributed by atoms with van der Waals surface area (Å²) in [7, 11) is 3.20. The number of likely N-dealkylation sites (tertiary alicyclic amines) is 1. The van der Waals surface area contributed by atoms with Crippen molar-refractivity contribution in [3.8, 4) is 5.75 Å². The fourth-order valence-electron chi connectivity index (χ4n) is 2.86. The summed E-state index contributed by atoms with van der Waals surface area (Å²) in [5.74, 6) is 1.36. The van der Waals surface area contributed by atoms with E-state index in [1.165, 1.54) is 7.11 Å². The SMILES string of the molecule is CN=C(NCC(C)Oc1ccccc1Cl)N1CCC(C(=O)OC)CC1. The van der Waals surface area contributed by atoms with E-state index in [9.17, 15) is 4.79 Å². The van der Waals surface area contributed by atoms with Gasteiger partial charge < -0.3 is 19.7 Å². The van der Waals surface area contributed by atoms with Crippen molar-refractivity contribution in [2.75, 3.05) is 33.8 Å². The van der Waals surface area contributed by atoms with Gasteiger partial charge in [-0.15, -0.1) is 0 Å². The Hall–Kier alpha value is -1.95. The van der Waals surface area contributed by atoms with Crippen molar-refractivity contribution in [1.29, 1.82) is 0 Å². The van der Waals surface area contributed by atoms with Gasteiger partial charge in [-0.05, 0) is 31.9 Å². The van der Waals surface area contributed by atoms with Crippen LogP contribution in [-0.4, -0.2) is 56.7 Å². The van der Waals surface area contributed by atoms with E-state index in [2.05, 4.69) is 15.2 Å². The normalized spacial score (nSPS) is 17.1. The van der Waals surface area contributed by atoms with Crippen LogP contribution >= 0.6 is 11.6 Å². The third-order valence-electron chi connectivity index (χ3n) is 4.25. The summed E-state index contributed by atoms with van der Waals surface area (Å²) >= 11 is 6.12. The van der Waals surface area contributed by atoms with E-state index in [0.29, 0.717) is 17.3 Å². The van der Waals surface area contributed by atoms with Gasteiger partial charge >= 0.3 is 5.97 Å². The highest BCUT2D eigenvalue weighted by Gasteiger charge is 2.27. The minimum absolute atomic E-state index is 0.0122. The van der Waals surface area contributed by atoms with E-state index in [4.69, 9.17) is 21.1 Å². The standard InChI is InChI=1S/C18H26ClN3O3/c1-13(25-16-7-5-4-6-15(16)19)12-21-18(20-2)22-10-8-14(9-11-22)17(23)24-3/h4-7,13-14H,8-12H2,1-3H3,(H,20,21). The van der Waals surface area contributed by atoms with E-state index in [-0.39, 0.29) is 18.0 Å². The average Bonchev–Trinajstić information content (AvgIpc) is 2.64. The number of benzene rings is 1. The number of para-hydroxylation sites is 1. The Balaban J connectivity index is 1.81. The molecule has 1 aromatic carbocycles. The number of piperidine rings is 1. The molecule has 6 nitrogen and oxygen atoms in total. The molecular weight excluding hydrogens is 342 g/mol. The zero-order valence-electron chi connectivity index (χ0n) is 15.0. The van der Waals surface area contributed by atoms with Gasteiger partial charge in [-0.2, -0.15) is 0 Å². The zero-order valence-corrected chi connectivity index (χ0v) is 15.8. The monoisotopic (exact) mass is 367 g/mol. The van der Waals surface area contributed by atoms with E-state index in [0.717, 1.165) is 31.9 Å². The summed E-state index contributed by atoms with van der Waals surface area (Å²) in [6, 6.07) is 7.43. The molecule has 0 radical (unpaired) electrons. The third-order valence-corrected chi connectivity index (χ3v) is 4.57.